The number of nitrogens with zero attached hydrogens (tertiary/aromatic N) is 2. The van der Waals surface area contributed by atoms with Gasteiger partial charge in [0.05, 0.1) is 38.5 Å². The fourth-order valence-corrected chi connectivity index (χ4v) is 6.28. The summed E-state index contributed by atoms with van der Waals surface area (Å²) in [7, 11) is 2.84. The van der Waals surface area contributed by atoms with E-state index in [1.807, 2.05) is 24.4 Å². The molecule has 11 nitrogen and oxygen atoms in total. The molecule has 49 heavy (non-hydrogen) atoms. The lowest BCUT2D eigenvalue weighted by atomic mass is 9.79. The maximum absolute atomic E-state index is 13.7. The SMILES string of the molecule is C=CCCOc1cc(Oc2cc3c(cc2OC)CCN(C(=O)OC(C)(C)C)[C@]3(C)CC(=O)Nc2nc(CCC=C)cs2)ccc1C(=O)OC. The molecule has 2 heterocycles. The van der Waals surface area contributed by atoms with Crippen molar-refractivity contribution in [2.45, 2.75) is 70.9 Å². The first kappa shape index (κ1) is 37.0. The number of anilines is 1. The van der Waals surface area contributed by atoms with Crippen LogP contribution in [-0.4, -0.2) is 60.8 Å². The lowest BCUT2D eigenvalue weighted by Gasteiger charge is -2.46. The van der Waals surface area contributed by atoms with Crippen LogP contribution in [0.25, 0.3) is 0 Å². The van der Waals surface area contributed by atoms with E-state index in [0.717, 1.165) is 24.1 Å². The minimum absolute atomic E-state index is 0.0816. The van der Waals surface area contributed by atoms with Crippen LogP contribution in [0.1, 0.15) is 74.1 Å². The second-order valence-corrected chi connectivity index (χ2v) is 13.5. The molecule has 1 aliphatic rings. The van der Waals surface area contributed by atoms with Gasteiger partial charge in [0, 0.05) is 18.0 Å². The number of fused-ring (bicyclic) bond motifs is 1. The highest BCUT2D eigenvalue weighted by Gasteiger charge is 2.45. The zero-order chi connectivity index (χ0) is 35.8. The topological polar surface area (TPSA) is 126 Å². The van der Waals surface area contributed by atoms with Gasteiger partial charge in [0.25, 0.3) is 0 Å². The highest BCUT2D eigenvalue weighted by molar-refractivity contribution is 7.13. The average Bonchev–Trinajstić information content (AvgIpc) is 3.49. The second kappa shape index (κ2) is 16.0. The molecule has 262 valence electrons. The number of carbonyl (C=O) groups is 3. The van der Waals surface area contributed by atoms with Crippen LogP contribution in [0.15, 0.2) is 61.0 Å². The maximum Gasteiger partial charge on any atom is 0.411 e. The van der Waals surface area contributed by atoms with Gasteiger partial charge in [-0.05, 0) is 88.8 Å². The van der Waals surface area contributed by atoms with Crippen LogP contribution in [-0.2, 0) is 32.6 Å². The van der Waals surface area contributed by atoms with E-state index in [4.69, 9.17) is 23.7 Å². The molecule has 0 unspecified atom stereocenters. The average molecular weight is 692 g/mol. The molecule has 2 amide bonds. The van der Waals surface area contributed by atoms with Crippen molar-refractivity contribution in [2.24, 2.45) is 0 Å². The minimum Gasteiger partial charge on any atom is -0.493 e. The number of amides is 2. The fraction of sp³-hybridized carbons (Fsp3) is 0.405. The van der Waals surface area contributed by atoms with Gasteiger partial charge < -0.3 is 29.0 Å². The third-order valence-corrected chi connectivity index (χ3v) is 8.66. The van der Waals surface area contributed by atoms with Gasteiger partial charge in [0.15, 0.2) is 16.6 Å². The van der Waals surface area contributed by atoms with Gasteiger partial charge in [-0.2, -0.15) is 0 Å². The Hall–Kier alpha value is -4.84. The van der Waals surface area contributed by atoms with Gasteiger partial charge in [-0.25, -0.2) is 14.6 Å². The van der Waals surface area contributed by atoms with Crippen LogP contribution in [0.3, 0.4) is 0 Å². The number of nitrogens with one attached hydrogen (secondary N) is 1. The molecule has 2 aromatic carbocycles. The Kier molecular flexibility index (Phi) is 12.1. The molecule has 0 saturated heterocycles. The van der Waals surface area contributed by atoms with Gasteiger partial charge in [-0.1, -0.05) is 12.2 Å². The molecule has 1 N–H and O–H groups in total. The molecule has 1 atom stereocenters. The molecule has 4 rings (SSSR count). The van der Waals surface area contributed by atoms with Crippen molar-refractivity contribution >= 4 is 34.4 Å². The Morgan fingerprint density at radius 1 is 1.06 bits per heavy atom. The Labute approximate surface area is 291 Å². The number of allylic oxidation sites excluding steroid dienone is 1. The molecule has 0 fully saturated rings. The predicted octanol–water partition coefficient (Wildman–Crippen LogP) is 7.84. The summed E-state index contributed by atoms with van der Waals surface area (Å²) in [5.41, 5.74) is 0.827. The Bertz CT molecular complexity index is 1690. The van der Waals surface area contributed by atoms with Crippen molar-refractivity contribution in [3.8, 4) is 23.0 Å². The summed E-state index contributed by atoms with van der Waals surface area (Å²) in [6.07, 6.45) is 5.50. The zero-order valence-electron chi connectivity index (χ0n) is 29.1. The van der Waals surface area contributed by atoms with Gasteiger partial charge in [-0.3, -0.25) is 9.69 Å². The van der Waals surface area contributed by atoms with Crippen molar-refractivity contribution in [1.82, 2.24) is 9.88 Å². The molecule has 0 bridgehead atoms. The number of carbonyl (C=O) groups excluding carboxylic acids is 3. The number of methoxy groups -OCH3 is 2. The summed E-state index contributed by atoms with van der Waals surface area (Å²) in [5.74, 6) is 0.594. The largest absolute Gasteiger partial charge is 0.493 e. The normalized spacial score (nSPS) is 15.4. The lowest BCUT2D eigenvalue weighted by molar-refractivity contribution is -0.119. The highest BCUT2D eigenvalue weighted by Crippen LogP contribution is 2.45. The molecule has 1 aliphatic heterocycles. The third kappa shape index (κ3) is 9.20. The van der Waals surface area contributed by atoms with Crippen molar-refractivity contribution in [1.29, 1.82) is 0 Å². The zero-order valence-corrected chi connectivity index (χ0v) is 29.9. The van der Waals surface area contributed by atoms with E-state index in [9.17, 15) is 14.4 Å². The number of hydrogen-bond donors (Lipinski definition) is 1. The van der Waals surface area contributed by atoms with E-state index in [-0.39, 0.29) is 23.6 Å². The lowest BCUT2D eigenvalue weighted by Crippen LogP contribution is -2.54. The standard InChI is InChI=1S/C37H45N3O8S/c1-9-11-13-25-23-49-34(38-25)39-32(41)22-37(6)28-21-31(30(44-7)19-24(28)16-17-40(37)35(43)48-36(3,4)5)47-26-14-15-27(33(42)45-8)29(20-26)46-18-12-10-2/h9-10,14-15,19-21,23H,1-2,11-13,16-18,22H2,3-8H3,(H,38,39,41)/t37-/m1/s1. The molecule has 3 aromatic rings. The number of thiazole rings is 1. The Balaban J connectivity index is 1.73. The summed E-state index contributed by atoms with van der Waals surface area (Å²) < 4.78 is 28.7. The smallest absolute Gasteiger partial charge is 0.411 e. The quantitative estimate of drug-likeness (QED) is 0.102. The van der Waals surface area contributed by atoms with Crippen LogP contribution < -0.4 is 19.5 Å². The van der Waals surface area contributed by atoms with Gasteiger partial charge in [0.2, 0.25) is 5.91 Å². The maximum atomic E-state index is 13.7. The van der Waals surface area contributed by atoms with Crippen LogP contribution >= 0.6 is 11.3 Å². The van der Waals surface area contributed by atoms with Crippen LogP contribution in [0.5, 0.6) is 23.0 Å². The van der Waals surface area contributed by atoms with Gasteiger partial charge in [-0.15, -0.1) is 24.5 Å². The monoisotopic (exact) mass is 691 g/mol. The van der Waals surface area contributed by atoms with Crippen LogP contribution in [0.2, 0.25) is 0 Å². The first-order valence-corrected chi connectivity index (χ1v) is 16.9. The van der Waals surface area contributed by atoms with Crippen molar-refractivity contribution < 1.29 is 38.1 Å². The third-order valence-electron chi connectivity index (χ3n) is 7.86. The van der Waals surface area contributed by atoms with E-state index in [0.29, 0.717) is 53.9 Å². The molecule has 0 radical (unpaired) electrons. The van der Waals surface area contributed by atoms with E-state index >= 15 is 0 Å². The van der Waals surface area contributed by atoms with Crippen molar-refractivity contribution in [3.05, 3.63) is 83.4 Å². The molecule has 0 saturated carbocycles. The number of rotatable bonds is 14. The van der Waals surface area contributed by atoms with E-state index in [1.54, 1.807) is 63.1 Å². The fourth-order valence-electron chi connectivity index (χ4n) is 5.52. The molecular weight excluding hydrogens is 646 g/mol. The Morgan fingerprint density at radius 3 is 2.49 bits per heavy atom. The van der Waals surface area contributed by atoms with Gasteiger partial charge >= 0.3 is 12.1 Å². The summed E-state index contributed by atoms with van der Waals surface area (Å²) in [5, 5.41) is 5.31. The van der Waals surface area contributed by atoms with E-state index < -0.39 is 23.2 Å². The van der Waals surface area contributed by atoms with Crippen molar-refractivity contribution in [3.63, 3.8) is 0 Å². The molecule has 0 aliphatic carbocycles. The highest BCUT2D eigenvalue weighted by atomic mass is 32.1. The first-order valence-electron chi connectivity index (χ1n) is 16.0. The van der Waals surface area contributed by atoms with Crippen LogP contribution in [0.4, 0.5) is 9.93 Å². The van der Waals surface area contributed by atoms with E-state index in [1.165, 1.54) is 18.4 Å². The second-order valence-electron chi connectivity index (χ2n) is 12.7. The number of aromatic nitrogens is 1. The molecule has 12 heteroatoms. The summed E-state index contributed by atoms with van der Waals surface area (Å²) in [6.45, 7) is 15.3. The van der Waals surface area contributed by atoms with Gasteiger partial charge in [0.1, 0.15) is 22.7 Å². The predicted molar refractivity (Wildman–Crippen MR) is 189 cm³/mol. The summed E-state index contributed by atoms with van der Waals surface area (Å²) in [6, 6.07) is 8.45. The molecular formula is C37H45N3O8S. The molecule has 1 aromatic heterocycles. The first-order chi connectivity index (χ1) is 23.3. The summed E-state index contributed by atoms with van der Waals surface area (Å²) >= 11 is 1.35. The molecule has 0 spiro atoms. The Morgan fingerprint density at radius 2 is 1.82 bits per heavy atom. The minimum atomic E-state index is -1.14. The van der Waals surface area contributed by atoms with Crippen molar-refractivity contribution in [2.75, 3.05) is 32.7 Å². The van der Waals surface area contributed by atoms with Crippen LogP contribution in [0, 0.1) is 0 Å². The number of hydrogen-bond acceptors (Lipinski definition) is 10. The number of aryl methyl sites for hydroxylation is 1. The van der Waals surface area contributed by atoms with E-state index in [2.05, 4.69) is 23.5 Å². The number of benzene rings is 2. The summed E-state index contributed by atoms with van der Waals surface area (Å²) in [4.78, 5) is 45.9. The number of esters is 1. The number of ether oxygens (including phenoxy) is 5.